The van der Waals surface area contributed by atoms with Crippen molar-refractivity contribution in [3.63, 3.8) is 0 Å². The predicted molar refractivity (Wildman–Crippen MR) is 563 cm³/mol. The molecule has 129 heavy (non-hydrogen) atoms. The topological polar surface area (TPSA) is 152 Å². The lowest BCUT2D eigenvalue weighted by atomic mass is 10.00. The lowest BCUT2D eigenvalue weighted by Crippen LogP contribution is -2.25. The van der Waals surface area contributed by atoms with Crippen LogP contribution < -0.4 is 58.3 Å². The molecule has 0 radical (unpaired) electrons. The summed E-state index contributed by atoms with van der Waals surface area (Å²) in [5.74, 6) is 0.0984. The molecule has 2 heterocycles. The minimum absolute atomic E-state index is 0. The Morgan fingerprint density at radius 1 is 0.271 bits per heavy atom. The summed E-state index contributed by atoms with van der Waals surface area (Å²) in [6.45, 7) is 1.56. The number of hydrogen-bond donors (Lipinski definition) is 2. The summed E-state index contributed by atoms with van der Waals surface area (Å²) in [5.41, 5.74) is 12.4. The maximum atomic E-state index is 15.6. The van der Waals surface area contributed by atoms with Gasteiger partial charge in [0.15, 0.2) is 27.2 Å². The Balaban J connectivity index is 0.000000192. The summed E-state index contributed by atoms with van der Waals surface area (Å²) < 4.78 is 51.9. The lowest BCUT2D eigenvalue weighted by Gasteiger charge is -2.22. The SMILES string of the molecule is Brc1cccc(-c2cc(-c3cccc(Br)c3)nc(-c3cccc(Br)c3)c2)c1.C.CC(=O)c1cccc(Br)c1.ClP(c1ccccc1)c1ccccc1.O=Cc1cccc(Br)c1.O=P(c1ccccc1)(c1ccccc1)c1cccc(-c2cc(-c3cccc(P(=O)(c4ccccc4)c4ccccc4)c3)nc(-c3cccc(P(=O)(c4ccccc4)c4ccccc4)c3)c2)c1.OO. The van der Waals surface area contributed by atoms with Crippen LogP contribution in [-0.4, -0.2) is 32.6 Å². The molecule has 0 aliphatic heterocycles. The second-order valence-corrected chi connectivity index (χ2v) is 44.5. The van der Waals surface area contributed by atoms with Crippen LogP contribution in [0.15, 0.2) is 483 Å². The van der Waals surface area contributed by atoms with Crippen molar-refractivity contribution in [2.75, 3.05) is 0 Å². The minimum Gasteiger partial charge on any atom is -0.309 e. The van der Waals surface area contributed by atoms with Crippen molar-refractivity contribution in [1.29, 1.82) is 0 Å². The van der Waals surface area contributed by atoms with Crippen LogP contribution in [0.4, 0.5) is 0 Å². The van der Waals surface area contributed by atoms with Gasteiger partial charge in [-0.1, -0.05) is 456 Å². The van der Waals surface area contributed by atoms with Crippen molar-refractivity contribution in [3.8, 4) is 67.3 Å². The van der Waals surface area contributed by atoms with Gasteiger partial charge in [-0.3, -0.25) is 20.1 Å². The lowest BCUT2D eigenvalue weighted by molar-refractivity contribution is -0.176. The van der Waals surface area contributed by atoms with Crippen molar-refractivity contribution in [1.82, 2.24) is 9.97 Å². The molecule has 0 fully saturated rings. The van der Waals surface area contributed by atoms with E-state index in [9.17, 15) is 9.59 Å². The van der Waals surface area contributed by atoms with E-state index in [2.05, 4.69) is 171 Å². The van der Waals surface area contributed by atoms with Gasteiger partial charge in [-0.25, -0.2) is 9.97 Å². The number of hydrogen-bond acceptors (Lipinski definition) is 9. The van der Waals surface area contributed by atoms with Gasteiger partial charge in [-0.15, -0.1) is 0 Å². The van der Waals surface area contributed by atoms with E-state index < -0.39 is 28.7 Å². The van der Waals surface area contributed by atoms with E-state index in [1.165, 1.54) is 10.6 Å². The number of Topliss-reactive ketones (excluding diaryl/α,β-unsaturated/α-hetero) is 1. The summed E-state index contributed by atoms with van der Waals surface area (Å²) in [7, 11) is -10.7. The van der Waals surface area contributed by atoms with Crippen LogP contribution in [0.3, 0.4) is 0 Å². The highest BCUT2D eigenvalue weighted by Crippen LogP contribution is 2.47. The van der Waals surface area contributed by atoms with Gasteiger partial charge in [-0.2, -0.15) is 0 Å². The fourth-order valence-corrected chi connectivity index (χ4v) is 26.2. The quantitative estimate of drug-likeness (QED) is 0.0265. The second-order valence-electron chi connectivity index (χ2n) is 29.0. The number of halogens is 6. The molecule has 0 saturated carbocycles. The third-order valence-corrected chi connectivity index (χ3v) is 34.8. The molecule has 2 aromatic heterocycles. The summed E-state index contributed by atoms with van der Waals surface area (Å²) in [6.07, 6.45) is 0.824. The third kappa shape index (κ3) is 24.9. The van der Waals surface area contributed by atoms with E-state index in [-0.39, 0.29) is 13.2 Å². The van der Waals surface area contributed by atoms with Gasteiger partial charge < -0.3 is 13.7 Å². The Labute approximate surface area is 802 Å². The van der Waals surface area contributed by atoms with Crippen LogP contribution in [-0.2, 0) is 13.7 Å². The monoisotopic (exact) mass is 2100 g/mol. The fourth-order valence-electron chi connectivity index (χ4n) is 14.3. The minimum atomic E-state index is -3.32. The molecule has 19 heteroatoms. The molecule has 0 saturated heterocycles. The van der Waals surface area contributed by atoms with E-state index in [1.54, 1.807) is 25.1 Å². The van der Waals surface area contributed by atoms with Crippen molar-refractivity contribution in [2.24, 2.45) is 0 Å². The van der Waals surface area contributed by atoms with Gasteiger partial charge in [0.25, 0.3) is 0 Å². The van der Waals surface area contributed by atoms with Crippen molar-refractivity contribution in [3.05, 3.63) is 495 Å². The number of carbonyl (C=O) groups excluding carboxylic acids is 2. The maximum Gasteiger partial charge on any atom is 0.171 e. The molecule has 18 rings (SSSR count). The first-order valence-corrected chi connectivity index (χ1v) is 51.7. The van der Waals surface area contributed by atoms with Gasteiger partial charge in [0, 0.05) is 103 Å². The molecule has 2 N–H and O–H groups in total. The highest BCUT2D eigenvalue weighted by atomic mass is 79.9. The average molecular weight is 2110 g/mol. The normalized spacial score (nSPS) is 10.8. The zero-order valence-corrected chi connectivity index (χ0v) is 81.1. The second kappa shape index (κ2) is 47.5. The van der Waals surface area contributed by atoms with Crippen LogP contribution >= 0.6 is 120 Å². The Morgan fingerprint density at radius 3 is 0.760 bits per heavy atom. The molecule has 0 spiro atoms. The van der Waals surface area contributed by atoms with Gasteiger partial charge in [-0.05, 0) is 143 Å². The van der Waals surface area contributed by atoms with Gasteiger partial charge in [0.05, 0.1) is 30.0 Å². The Bertz CT molecular complexity index is 6220. The first-order chi connectivity index (χ1) is 62.3. The maximum absolute atomic E-state index is 15.6. The van der Waals surface area contributed by atoms with Crippen LogP contribution in [0.25, 0.3) is 67.3 Å². The molecule has 16 aromatic carbocycles. The van der Waals surface area contributed by atoms with Crippen LogP contribution in [0.2, 0.25) is 0 Å². The van der Waals surface area contributed by atoms with Crippen molar-refractivity contribution >= 4 is 190 Å². The number of nitrogens with zero attached hydrogens (tertiary/aromatic N) is 2. The molecule has 0 bridgehead atoms. The van der Waals surface area contributed by atoms with E-state index in [1.807, 2.05) is 352 Å². The van der Waals surface area contributed by atoms with Gasteiger partial charge in [0.2, 0.25) is 0 Å². The molecule has 9 nitrogen and oxygen atoms in total. The molecular formula is C110H86Br5ClN2O7P4. The van der Waals surface area contributed by atoms with E-state index in [0.29, 0.717) is 32.9 Å². The molecular weight excluding hydrogens is 2020 g/mol. The first-order valence-electron chi connectivity index (χ1n) is 40.4. The zero-order valence-electron chi connectivity index (χ0n) is 68.8. The van der Waals surface area contributed by atoms with Crippen LogP contribution in [0.5, 0.6) is 0 Å². The zero-order chi connectivity index (χ0) is 89.8. The molecule has 640 valence electrons. The Hall–Kier alpha value is -11.1. The number of rotatable bonds is 19. The molecule has 18 aromatic rings. The summed E-state index contributed by atoms with van der Waals surface area (Å²) in [4.78, 5) is 31.2. The molecule has 0 aliphatic rings. The largest absolute Gasteiger partial charge is 0.309 e. The number of ketones is 1. The van der Waals surface area contributed by atoms with Gasteiger partial charge >= 0.3 is 0 Å². The standard InChI is InChI=1S/C59H44NO3P3.C23H14Br3N.C12H10ClP.C8H7BrO.C7H5BrO.CH4.H2O2/c61-64(49-25-7-1-8-26-49,50-27-9-2-10-28-50)55-37-19-22-45(40-55)48-43-58(46-23-20-38-56(41-46)65(62,51-29-11-3-12-30-51)52-31-13-4-14-32-52)60-59(44-48)47-24-21-39-57(42-47)66(63,53-33-15-5-16-34-53)54-35-17-6-18-36-54;24-19-7-1-4-15(10-19)18-13-22(16-5-2-8-20(25)11-16)27-23(14-18)17-6-3-9-21(26)12-17;13-14(11-7-3-1-4-8-11)12-9-5-2-6-10-12;1-6(10)7-3-2-4-8(9)5-7;8-7-3-1-2-6(4-7)5-9;;1-2/h1-44H;1-14H;1-10H;2-5H,1H3;1-5H;1H4;1-2H. The van der Waals surface area contributed by atoms with Crippen LogP contribution in [0, 0.1) is 0 Å². The average Bonchev–Trinajstić information content (AvgIpc) is 0.758. The fraction of sp³-hybridized carbons (Fsp3) is 0.0182. The van der Waals surface area contributed by atoms with E-state index in [4.69, 9.17) is 31.7 Å². The first kappa shape index (κ1) is 97.0. The molecule has 0 amide bonds. The van der Waals surface area contributed by atoms with Crippen molar-refractivity contribution in [2.45, 2.75) is 14.4 Å². The highest BCUT2D eigenvalue weighted by Gasteiger charge is 2.33. The number of aromatic nitrogens is 2. The molecule has 0 aliphatic carbocycles. The number of carbonyl (C=O) groups is 2. The number of aldehydes is 1. The summed E-state index contributed by atoms with van der Waals surface area (Å²) in [5, 5.41) is 21.0. The van der Waals surface area contributed by atoms with Crippen LogP contribution in [0.1, 0.15) is 35.1 Å². The van der Waals surface area contributed by atoms with Crippen molar-refractivity contribution < 1.29 is 33.8 Å². The predicted octanol–water partition coefficient (Wildman–Crippen LogP) is 28.2. The van der Waals surface area contributed by atoms with E-state index in [0.717, 1.165) is 122 Å². The Kier molecular flexibility index (Phi) is 35.7. The Morgan fingerprint density at radius 2 is 0.496 bits per heavy atom. The van der Waals surface area contributed by atoms with E-state index >= 15 is 13.7 Å². The number of pyridine rings is 2. The molecule has 0 unspecified atom stereocenters. The summed E-state index contributed by atoms with van der Waals surface area (Å²) >= 11 is 23.6. The third-order valence-electron chi connectivity index (χ3n) is 20.5. The smallest absolute Gasteiger partial charge is 0.171 e. The number of benzene rings is 16. The highest BCUT2D eigenvalue weighted by molar-refractivity contribution is 9.11. The molecule has 0 atom stereocenters. The van der Waals surface area contributed by atoms with Gasteiger partial charge in [0.1, 0.15) is 6.29 Å². The summed E-state index contributed by atoms with van der Waals surface area (Å²) in [6, 6.07) is 150.